The summed E-state index contributed by atoms with van der Waals surface area (Å²) in [6.07, 6.45) is 6.76. The van der Waals surface area contributed by atoms with E-state index < -0.39 is 0 Å². The highest BCUT2D eigenvalue weighted by Crippen LogP contribution is 2.40. The van der Waals surface area contributed by atoms with Gasteiger partial charge in [0.25, 0.3) is 0 Å². The molecule has 0 saturated carbocycles. The fraction of sp³-hybridized carbons (Fsp3) is 0.625. The smallest absolute Gasteiger partial charge is 0.0528 e. The molecule has 18 heavy (non-hydrogen) atoms. The van der Waals surface area contributed by atoms with E-state index in [1.54, 1.807) is 7.11 Å². The number of aryl methyl sites for hydroxylation is 1. The van der Waals surface area contributed by atoms with Crippen LogP contribution >= 0.6 is 0 Å². The molecule has 1 N–H and O–H groups in total. The number of aliphatic hydroxyl groups is 1. The Labute approximate surface area is 110 Å². The zero-order valence-electron chi connectivity index (χ0n) is 11.3. The summed E-state index contributed by atoms with van der Waals surface area (Å²) in [7, 11) is 1.75. The molecule has 0 bridgehead atoms. The van der Waals surface area contributed by atoms with Crippen LogP contribution in [0.1, 0.15) is 43.2 Å². The summed E-state index contributed by atoms with van der Waals surface area (Å²) in [6.45, 7) is 1.10. The van der Waals surface area contributed by atoms with Crippen molar-refractivity contribution in [2.45, 2.75) is 43.9 Å². The van der Waals surface area contributed by atoms with E-state index in [4.69, 9.17) is 4.74 Å². The lowest BCUT2D eigenvalue weighted by atomic mass is 9.68. The number of ether oxygens (including phenoxy) is 1. The summed E-state index contributed by atoms with van der Waals surface area (Å²) in [5.41, 5.74) is 2.82. The first-order chi connectivity index (χ1) is 8.82. The van der Waals surface area contributed by atoms with Gasteiger partial charge in [0, 0.05) is 19.1 Å². The van der Waals surface area contributed by atoms with Crippen LogP contribution in [-0.2, 0) is 16.6 Å². The summed E-state index contributed by atoms with van der Waals surface area (Å²) in [5, 5.41) is 9.91. The quantitative estimate of drug-likeness (QED) is 0.784. The van der Waals surface area contributed by atoms with Gasteiger partial charge in [-0.05, 0) is 43.2 Å². The van der Waals surface area contributed by atoms with Crippen LogP contribution in [0.4, 0.5) is 0 Å². The highest BCUT2D eigenvalue weighted by atomic mass is 16.5. The number of hydrogen-bond donors (Lipinski definition) is 1. The van der Waals surface area contributed by atoms with Gasteiger partial charge in [-0.2, -0.15) is 0 Å². The molecule has 1 aliphatic rings. The molecule has 1 aromatic rings. The molecule has 1 aliphatic carbocycles. The largest absolute Gasteiger partial charge is 0.395 e. The van der Waals surface area contributed by atoms with Crippen LogP contribution in [0.5, 0.6) is 0 Å². The van der Waals surface area contributed by atoms with E-state index in [1.807, 2.05) is 0 Å². The minimum absolute atomic E-state index is 0.00256. The molecular weight excluding hydrogens is 224 g/mol. The number of fused-ring (bicyclic) bond motifs is 1. The monoisotopic (exact) mass is 248 g/mol. The van der Waals surface area contributed by atoms with Crippen LogP contribution in [0.3, 0.4) is 0 Å². The SMILES string of the molecule is COCCCCC1(CO)CCCc2ccccc21. The van der Waals surface area contributed by atoms with Crippen LogP contribution in [0.15, 0.2) is 24.3 Å². The van der Waals surface area contributed by atoms with Gasteiger partial charge in [0.15, 0.2) is 0 Å². The average Bonchev–Trinajstić information content (AvgIpc) is 2.44. The molecule has 1 unspecified atom stereocenters. The molecule has 0 heterocycles. The van der Waals surface area contributed by atoms with E-state index in [9.17, 15) is 5.11 Å². The predicted molar refractivity (Wildman–Crippen MR) is 73.9 cm³/mol. The third-order valence-electron chi connectivity index (χ3n) is 4.25. The van der Waals surface area contributed by atoms with Gasteiger partial charge < -0.3 is 9.84 Å². The second kappa shape index (κ2) is 6.35. The van der Waals surface area contributed by atoms with Crippen molar-refractivity contribution >= 4 is 0 Å². The van der Waals surface area contributed by atoms with Crippen molar-refractivity contribution in [3.05, 3.63) is 35.4 Å². The third-order valence-corrected chi connectivity index (χ3v) is 4.25. The topological polar surface area (TPSA) is 29.5 Å². The molecule has 0 amide bonds. The van der Waals surface area contributed by atoms with Gasteiger partial charge in [-0.25, -0.2) is 0 Å². The molecule has 100 valence electrons. The minimum Gasteiger partial charge on any atom is -0.395 e. The maximum Gasteiger partial charge on any atom is 0.0528 e. The minimum atomic E-state index is 0.00256. The number of aliphatic hydroxyl groups excluding tert-OH is 1. The number of unbranched alkanes of at least 4 members (excludes halogenated alkanes) is 1. The van der Waals surface area contributed by atoms with Gasteiger partial charge in [0.05, 0.1) is 6.61 Å². The zero-order valence-corrected chi connectivity index (χ0v) is 11.3. The molecule has 0 aromatic heterocycles. The Balaban J connectivity index is 2.12. The first-order valence-corrected chi connectivity index (χ1v) is 7.00. The first kappa shape index (κ1) is 13.6. The summed E-state index contributed by atoms with van der Waals surface area (Å²) >= 11 is 0. The summed E-state index contributed by atoms with van der Waals surface area (Å²) in [5.74, 6) is 0. The van der Waals surface area contributed by atoms with Crippen LogP contribution in [0.25, 0.3) is 0 Å². The van der Waals surface area contributed by atoms with Gasteiger partial charge in [-0.1, -0.05) is 30.7 Å². The molecular formula is C16H24O2. The van der Waals surface area contributed by atoms with Crippen molar-refractivity contribution in [2.75, 3.05) is 20.3 Å². The normalized spacial score (nSPS) is 22.8. The Morgan fingerprint density at radius 1 is 1.28 bits per heavy atom. The molecule has 2 heteroatoms. The Morgan fingerprint density at radius 2 is 2.11 bits per heavy atom. The van der Waals surface area contributed by atoms with E-state index in [0.29, 0.717) is 0 Å². The lowest BCUT2D eigenvalue weighted by Crippen LogP contribution is -2.34. The van der Waals surface area contributed by atoms with E-state index in [0.717, 1.165) is 38.7 Å². The van der Waals surface area contributed by atoms with E-state index in [-0.39, 0.29) is 12.0 Å². The Kier molecular flexibility index (Phi) is 4.79. The molecule has 0 saturated heterocycles. The molecule has 2 rings (SSSR count). The molecule has 0 aliphatic heterocycles. The first-order valence-electron chi connectivity index (χ1n) is 7.00. The fourth-order valence-electron chi connectivity index (χ4n) is 3.22. The van der Waals surface area contributed by atoms with Crippen LogP contribution < -0.4 is 0 Å². The van der Waals surface area contributed by atoms with E-state index >= 15 is 0 Å². The Morgan fingerprint density at radius 3 is 2.89 bits per heavy atom. The molecule has 0 spiro atoms. The highest BCUT2D eigenvalue weighted by molar-refractivity contribution is 5.36. The van der Waals surface area contributed by atoms with Gasteiger partial charge in [-0.3, -0.25) is 0 Å². The molecule has 2 nitrogen and oxygen atoms in total. The fourth-order valence-corrected chi connectivity index (χ4v) is 3.22. The number of hydrogen-bond acceptors (Lipinski definition) is 2. The van der Waals surface area contributed by atoms with Crippen molar-refractivity contribution in [2.24, 2.45) is 0 Å². The number of methoxy groups -OCH3 is 1. The van der Waals surface area contributed by atoms with E-state index in [1.165, 1.54) is 17.5 Å². The number of benzene rings is 1. The van der Waals surface area contributed by atoms with Crippen molar-refractivity contribution in [3.63, 3.8) is 0 Å². The summed E-state index contributed by atoms with van der Waals surface area (Å²) in [4.78, 5) is 0. The summed E-state index contributed by atoms with van der Waals surface area (Å²) < 4.78 is 5.10. The van der Waals surface area contributed by atoms with Crippen LogP contribution in [-0.4, -0.2) is 25.4 Å². The van der Waals surface area contributed by atoms with Crippen LogP contribution in [0.2, 0.25) is 0 Å². The third kappa shape index (κ3) is 2.76. The predicted octanol–water partition coefficient (Wildman–Crippen LogP) is 3.07. The maximum absolute atomic E-state index is 9.91. The van der Waals surface area contributed by atoms with Gasteiger partial charge in [0.2, 0.25) is 0 Å². The van der Waals surface area contributed by atoms with Gasteiger partial charge in [0.1, 0.15) is 0 Å². The molecule has 0 radical (unpaired) electrons. The summed E-state index contributed by atoms with van der Waals surface area (Å²) in [6, 6.07) is 8.63. The lowest BCUT2D eigenvalue weighted by molar-refractivity contribution is 0.151. The maximum atomic E-state index is 9.91. The second-order valence-corrected chi connectivity index (χ2v) is 5.40. The van der Waals surface area contributed by atoms with Crippen molar-refractivity contribution in [3.8, 4) is 0 Å². The second-order valence-electron chi connectivity index (χ2n) is 5.40. The number of rotatable bonds is 6. The van der Waals surface area contributed by atoms with Crippen molar-refractivity contribution < 1.29 is 9.84 Å². The van der Waals surface area contributed by atoms with Gasteiger partial charge >= 0.3 is 0 Å². The van der Waals surface area contributed by atoms with Crippen molar-refractivity contribution in [1.29, 1.82) is 0 Å². The molecule has 1 aromatic carbocycles. The zero-order chi connectivity index (χ0) is 12.8. The molecule has 1 atom stereocenters. The lowest BCUT2D eigenvalue weighted by Gasteiger charge is -2.38. The van der Waals surface area contributed by atoms with Crippen LogP contribution in [0, 0.1) is 0 Å². The standard InChI is InChI=1S/C16H24O2/c1-18-12-5-4-10-16(13-17)11-6-8-14-7-2-3-9-15(14)16/h2-3,7,9,17H,4-6,8,10-13H2,1H3. The Bertz CT molecular complexity index is 375. The Hall–Kier alpha value is -0.860. The molecule has 0 fully saturated rings. The van der Waals surface area contributed by atoms with Gasteiger partial charge in [-0.15, -0.1) is 0 Å². The van der Waals surface area contributed by atoms with Crippen molar-refractivity contribution in [1.82, 2.24) is 0 Å². The van der Waals surface area contributed by atoms with E-state index in [2.05, 4.69) is 24.3 Å². The highest BCUT2D eigenvalue weighted by Gasteiger charge is 2.35. The average molecular weight is 248 g/mol.